The maximum atomic E-state index is 12.7. The van der Waals surface area contributed by atoms with Gasteiger partial charge >= 0.3 is 6.03 Å². The Morgan fingerprint density at radius 1 is 1.00 bits per heavy atom. The SMILES string of the molecule is CCCCc1cc(NC(=O)NCc2ccc(-c3cc(NC(=O)c4ccc(OCCN5CCOCC5)cc4)n[nH]3)cc2)no1. The van der Waals surface area contributed by atoms with Crippen LogP contribution in [0.3, 0.4) is 0 Å². The third-order valence-electron chi connectivity index (χ3n) is 7.01. The number of ether oxygens (including phenoxy) is 2. The summed E-state index contributed by atoms with van der Waals surface area (Å²) in [4.78, 5) is 27.3. The molecule has 12 nitrogen and oxygen atoms in total. The predicted molar refractivity (Wildman–Crippen MR) is 162 cm³/mol. The smallest absolute Gasteiger partial charge is 0.320 e. The normalized spacial score (nSPS) is 13.4. The van der Waals surface area contributed by atoms with E-state index in [1.165, 1.54) is 0 Å². The summed E-state index contributed by atoms with van der Waals surface area (Å²) < 4.78 is 16.4. The van der Waals surface area contributed by atoms with Gasteiger partial charge in [-0.25, -0.2) is 4.79 Å². The van der Waals surface area contributed by atoms with Crippen molar-refractivity contribution in [1.82, 2.24) is 25.6 Å². The predicted octanol–water partition coefficient (Wildman–Crippen LogP) is 4.69. The van der Waals surface area contributed by atoms with E-state index in [1.807, 2.05) is 24.3 Å². The summed E-state index contributed by atoms with van der Waals surface area (Å²) in [6, 6.07) is 17.9. The lowest BCUT2D eigenvalue weighted by Crippen LogP contribution is -2.38. The summed E-state index contributed by atoms with van der Waals surface area (Å²) in [6.45, 7) is 7.24. The van der Waals surface area contributed by atoms with Gasteiger partial charge in [0.15, 0.2) is 11.6 Å². The number of urea groups is 1. The van der Waals surface area contributed by atoms with Crippen molar-refractivity contribution >= 4 is 23.6 Å². The lowest BCUT2D eigenvalue weighted by molar-refractivity contribution is 0.0322. The molecule has 4 N–H and O–H groups in total. The molecule has 2 aromatic carbocycles. The van der Waals surface area contributed by atoms with Gasteiger partial charge in [-0.15, -0.1) is 0 Å². The molecule has 3 heterocycles. The van der Waals surface area contributed by atoms with Crippen LogP contribution < -0.4 is 20.7 Å². The number of aryl methyl sites for hydroxylation is 1. The van der Waals surface area contributed by atoms with E-state index >= 15 is 0 Å². The summed E-state index contributed by atoms with van der Waals surface area (Å²) in [5.74, 6) is 2.02. The second-order valence-corrected chi connectivity index (χ2v) is 10.2. The molecule has 1 aliphatic heterocycles. The number of rotatable bonds is 13. The molecule has 0 unspecified atom stereocenters. The van der Waals surface area contributed by atoms with E-state index in [0.29, 0.717) is 30.4 Å². The van der Waals surface area contributed by atoms with Gasteiger partial charge in [0.1, 0.15) is 18.1 Å². The Labute approximate surface area is 250 Å². The number of amides is 3. The number of aromatic nitrogens is 3. The summed E-state index contributed by atoms with van der Waals surface area (Å²) >= 11 is 0. The van der Waals surface area contributed by atoms with Gasteiger partial charge in [0, 0.05) is 50.3 Å². The molecule has 0 atom stereocenters. The highest BCUT2D eigenvalue weighted by Crippen LogP contribution is 2.21. The first-order valence-electron chi connectivity index (χ1n) is 14.5. The van der Waals surface area contributed by atoms with Crippen LogP contribution in [0, 0.1) is 0 Å². The van der Waals surface area contributed by atoms with Crippen LogP contribution in [-0.4, -0.2) is 71.6 Å². The molecule has 0 bridgehead atoms. The Morgan fingerprint density at radius 2 is 1.79 bits per heavy atom. The molecule has 1 aliphatic rings. The van der Waals surface area contributed by atoms with Gasteiger partial charge in [0.25, 0.3) is 5.91 Å². The van der Waals surface area contributed by atoms with Crippen LogP contribution in [0.4, 0.5) is 16.4 Å². The maximum absolute atomic E-state index is 12.7. The van der Waals surface area contributed by atoms with E-state index in [0.717, 1.165) is 80.4 Å². The fourth-order valence-corrected chi connectivity index (χ4v) is 4.53. The van der Waals surface area contributed by atoms with Gasteiger partial charge in [0.05, 0.1) is 18.9 Å². The Bertz CT molecular complexity index is 1460. The second-order valence-electron chi connectivity index (χ2n) is 10.2. The minimum absolute atomic E-state index is 0.264. The molecule has 0 spiro atoms. The molecule has 2 aromatic heterocycles. The first-order valence-corrected chi connectivity index (χ1v) is 14.5. The van der Waals surface area contributed by atoms with Gasteiger partial charge in [-0.05, 0) is 41.8 Å². The Kier molecular flexibility index (Phi) is 10.4. The molecule has 5 rings (SSSR count). The highest BCUT2D eigenvalue weighted by Gasteiger charge is 2.12. The number of unbranched alkanes of at least 4 members (excludes halogenated alkanes) is 1. The number of benzene rings is 2. The molecule has 3 amide bonds. The third-order valence-corrected chi connectivity index (χ3v) is 7.01. The van der Waals surface area contributed by atoms with Crippen molar-refractivity contribution in [2.75, 3.05) is 50.1 Å². The molecular weight excluding hydrogens is 550 g/mol. The van der Waals surface area contributed by atoms with Crippen LogP contribution in [-0.2, 0) is 17.7 Å². The summed E-state index contributed by atoms with van der Waals surface area (Å²) in [6.07, 6.45) is 2.86. The van der Waals surface area contributed by atoms with E-state index in [2.05, 4.69) is 43.1 Å². The van der Waals surface area contributed by atoms with Crippen molar-refractivity contribution in [3.05, 3.63) is 77.6 Å². The number of nitrogens with zero attached hydrogens (tertiary/aromatic N) is 3. The third kappa shape index (κ3) is 8.90. The van der Waals surface area contributed by atoms with Gasteiger partial charge < -0.3 is 24.6 Å². The largest absolute Gasteiger partial charge is 0.492 e. The monoisotopic (exact) mass is 587 g/mol. The minimum atomic E-state index is -0.362. The van der Waals surface area contributed by atoms with Crippen LogP contribution >= 0.6 is 0 Å². The van der Waals surface area contributed by atoms with Crippen molar-refractivity contribution < 1.29 is 23.6 Å². The van der Waals surface area contributed by atoms with Crippen LogP contribution in [0.25, 0.3) is 11.3 Å². The highest BCUT2D eigenvalue weighted by atomic mass is 16.5. The van der Waals surface area contributed by atoms with Gasteiger partial charge in [0.2, 0.25) is 0 Å². The quantitative estimate of drug-likeness (QED) is 0.176. The summed E-state index contributed by atoms with van der Waals surface area (Å²) in [7, 11) is 0. The van der Waals surface area contributed by atoms with Crippen molar-refractivity contribution in [2.45, 2.75) is 32.7 Å². The van der Waals surface area contributed by atoms with Crippen LogP contribution in [0.1, 0.15) is 41.4 Å². The Hall–Kier alpha value is -4.68. The minimum Gasteiger partial charge on any atom is -0.492 e. The number of hydrogen-bond donors (Lipinski definition) is 4. The average molecular weight is 588 g/mol. The fraction of sp³-hybridized carbons (Fsp3) is 0.355. The van der Waals surface area contributed by atoms with E-state index in [1.54, 1.807) is 36.4 Å². The summed E-state index contributed by atoms with van der Waals surface area (Å²) in [5, 5.41) is 19.4. The molecular formula is C31H37N7O5. The van der Waals surface area contributed by atoms with Crippen molar-refractivity contribution in [3.8, 4) is 17.0 Å². The number of H-pyrrole nitrogens is 1. The molecule has 43 heavy (non-hydrogen) atoms. The number of anilines is 2. The molecule has 1 saturated heterocycles. The summed E-state index contributed by atoms with van der Waals surface area (Å²) in [5.41, 5.74) is 3.07. The molecule has 0 aliphatic carbocycles. The van der Waals surface area contributed by atoms with Crippen molar-refractivity contribution in [1.29, 1.82) is 0 Å². The zero-order valence-electron chi connectivity index (χ0n) is 24.2. The maximum Gasteiger partial charge on any atom is 0.320 e. The van der Waals surface area contributed by atoms with E-state index in [4.69, 9.17) is 14.0 Å². The molecule has 0 radical (unpaired) electrons. The zero-order chi connectivity index (χ0) is 29.9. The van der Waals surface area contributed by atoms with Crippen LogP contribution in [0.15, 0.2) is 65.2 Å². The Morgan fingerprint density at radius 3 is 2.56 bits per heavy atom. The number of nitrogens with one attached hydrogen (secondary N) is 4. The highest BCUT2D eigenvalue weighted by molar-refractivity contribution is 6.04. The lowest BCUT2D eigenvalue weighted by Gasteiger charge is -2.26. The van der Waals surface area contributed by atoms with Gasteiger partial charge in [-0.2, -0.15) is 5.10 Å². The van der Waals surface area contributed by atoms with E-state index in [9.17, 15) is 9.59 Å². The van der Waals surface area contributed by atoms with Crippen molar-refractivity contribution in [3.63, 3.8) is 0 Å². The standard InChI is InChI=1S/C31H37N7O5/c1-2-3-4-26-19-29(37-43-26)34-31(40)32-21-22-5-7-23(8-6-22)27-20-28(36-35-27)33-30(39)24-9-11-25(12-10-24)42-18-15-38-13-16-41-17-14-38/h5-12,19-20H,2-4,13-18,21H2,1H3,(H2,32,34,37,40)(H2,33,35,36,39). The molecule has 226 valence electrons. The number of carbonyl (C=O) groups excluding carboxylic acids is 2. The van der Waals surface area contributed by atoms with Crippen LogP contribution in [0.5, 0.6) is 5.75 Å². The first-order chi connectivity index (χ1) is 21.1. The number of hydrogen-bond acceptors (Lipinski definition) is 8. The van der Waals surface area contributed by atoms with Gasteiger partial charge in [-0.1, -0.05) is 42.8 Å². The molecule has 1 fully saturated rings. The molecule has 4 aromatic rings. The van der Waals surface area contributed by atoms with E-state index in [-0.39, 0.29) is 11.9 Å². The van der Waals surface area contributed by atoms with Gasteiger partial charge in [-0.3, -0.25) is 20.1 Å². The number of aromatic amines is 1. The zero-order valence-corrected chi connectivity index (χ0v) is 24.2. The molecule has 12 heteroatoms. The lowest BCUT2D eigenvalue weighted by atomic mass is 10.1. The van der Waals surface area contributed by atoms with Crippen molar-refractivity contribution in [2.24, 2.45) is 0 Å². The number of carbonyl (C=O) groups is 2. The average Bonchev–Trinajstić information content (AvgIpc) is 3.69. The first kappa shape index (κ1) is 29.8. The topological polar surface area (TPSA) is 147 Å². The van der Waals surface area contributed by atoms with E-state index < -0.39 is 0 Å². The molecule has 0 saturated carbocycles. The fourth-order valence-electron chi connectivity index (χ4n) is 4.53. The number of morpholine rings is 1. The Balaban J connectivity index is 1.05. The second kappa shape index (κ2) is 15.0. The van der Waals surface area contributed by atoms with Crippen LogP contribution in [0.2, 0.25) is 0 Å².